The van der Waals surface area contributed by atoms with E-state index in [2.05, 4.69) is 4.37 Å². The molecule has 2 fully saturated rings. The van der Waals surface area contributed by atoms with E-state index in [0.717, 1.165) is 12.1 Å². The minimum atomic E-state index is -4.80. The van der Waals surface area contributed by atoms with Gasteiger partial charge in [-0.25, -0.2) is 18.0 Å². The van der Waals surface area contributed by atoms with Crippen LogP contribution in [0.25, 0.3) is 10.4 Å². The van der Waals surface area contributed by atoms with E-state index in [1.807, 2.05) is 0 Å². The summed E-state index contributed by atoms with van der Waals surface area (Å²) >= 11 is 0.677. The van der Waals surface area contributed by atoms with Crippen molar-refractivity contribution in [2.45, 2.75) is 57.2 Å². The van der Waals surface area contributed by atoms with Gasteiger partial charge in [0.25, 0.3) is 5.92 Å². The second-order valence-corrected chi connectivity index (χ2v) is 10.3. The SMILES string of the molecule is CC(C)(C)OC(=O)N1CCC2(CC1)C(c1cc(-c3ccc(F)cc3C(F)(F)F)sn1)C2(F)F. The van der Waals surface area contributed by atoms with Crippen LogP contribution in [-0.4, -0.2) is 40.0 Å². The molecule has 1 aromatic carbocycles. The fourth-order valence-electron chi connectivity index (χ4n) is 4.53. The van der Waals surface area contributed by atoms with Gasteiger partial charge in [0.15, 0.2) is 0 Å². The second-order valence-electron chi connectivity index (χ2n) is 9.48. The lowest BCUT2D eigenvalue weighted by Crippen LogP contribution is -2.43. The number of carbonyl (C=O) groups is 1. The highest BCUT2D eigenvalue weighted by Crippen LogP contribution is 2.75. The van der Waals surface area contributed by atoms with Crippen LogP contribution in [-0.2, 0) is 10.9 Å². The van der Waals surface area contributed by atoms with Crippen LogP contribution in [0, 0.1) is 11.2 Å². The number of alkyl halides is 5. The molecule has 1 spiro atoms. The maximum Gasteiger partial charge on any atom is 0.417 e. The van der Waals surface area contributed by atoms with E-state index < -0.39 is 46.5 Å². The summed E-state index contributed by atoms with van der Waals surface area (Å²) in [5.41, 5.74) is -3.56. The van der Waals surface area contributed by atoms with Crippen molar-refractivity contribution in [3.63, 3.8) is 0 Å². The number of piperidine rings is 1. The number of aromatic nitrogens is 1. The molecule has 1 aromatic heterocycles. The number of rotatable bonds is 2. The summed E-state index contributed by atoms with van der Waals surface area (Å²) in [5.74, 6) is -5.38. The van der Waals surface area contributed by atoms with Gasteiger partial charge in [-0.3, -0.25) is 0 Å². The Bertz CT molecular complexity index is 1070. The van der Waals surface area contributed by atoms with Crippen LogP contribution in [0.4, 0.5) is 31.1 Å². The number of halogens is 6. The molecular formula is C22H22F6N2O2S. The minimum Gasteiger partial charge on any atom is -0.444 e. The zero-order chi connectivity index (χ0) is 24.4. The van der Waals surface area contributed by atoms with Crippen molar-refractivity contribution < 1.29 is 35.9 Å². The Morgan fingerprint density at radius 2 is 1.79 bits per heavy atom. The van der Waals surface area contributed by atoms with Crippen LogP contribution in [0.15, 0.2) is 24.3 Å². The number of hydrogen-bond donors (Lipinski definition) is 0. The number of nitrogens with zero attached hydrogens (tertiary/aromatic N) is 2. The van der Waals surface area contributed by atoms with Crippen molar-refractivity contribution in [2.75, 3.05) is 13.1 Å². The lowest BCUT2D eigenvalue weighted by molar-refractivity contribution is -0.137. The first kappa shape index (κ1) is 23.8. The Morgan fingerprint density at radius 1 is 1.15 bits per heavy atom. The normalized spacial score (nSPS) is 21.8. The molecule has 0 bridgehead atoms. The second kappa shape index (κ2) is 7.61. The summed E-state index contributed by atoms with van der Waals surface area (Å²) in [5, 5.41) is 0. The third-order valence-corrected chi connectivity index (χ3v) is 7.02. The molecule has 11 heteroatoms. The van der Waals surface area contributed by atoms with Crippen molar-refractivity contribution in [1.29, 1.82) is 0 Å². The summed E-state index contributed by atoms with van der Waals surface area (Å²) in [4.78, 5) is 13.7. The van der Waals surface area contributed by atoms with E-state index in [0.29, 0.717) is 17.6 Å². The van der Waals surface area contributed by atoms with Gasteiger partial charge in [-0.15, -0.1) is 0 Å². The maximum absolute atomic E-state index is 15.0. The highest BCUT2D eigenvalue weighted by Gasteiger charge is 2.81. The van der Waals surface area contributed by atoms with Crippen molar-refractivity contribution in [2.24, 2.45) is 5.41 Å². The van der Waals surface area contributed by atoms with Gasteiger partial charge in [-0.2, -0.15) is 17.5 Å². The Kier molecular flexibility index (Phi) is 5.50. The van der Waals surface area contributed by atoms with Gasteiger partial charge in [0, 0.05) is 18.7 Å². The van der Waals surface area contributed by atoms with E-state index in [1.165, 1.54) is 11.0 Å². The summed E-state index contributed by atoms with van der Waals surface area (Å²) in [6.45, 7) is 5.33. The molecule has 1 amide bonds. The predicted octanol–water partition coefficient (Wildman–Crippen LogP) is 6.72. The van der Waals surface area contributed by atoms with Gasteiger partial charge in [0.2, 0.25) is 0 Å². The number of carbonyl (C=O) groups excluding carboxylic acids is 1. The first-order chi connectivity index (χ1) is 15.2. The lowest BCUT2D eigenvalue weighted by Gasteiger charge is -2.33. The monoisotopic (exact) mass is 492 g/mol. The Hall–Kier alpha value is -2.30. The third-order valence-electron chi connectivity index (χ3n) is 6.18. The molecule has 1 atom stereocenters. The van der Waals surface area contributed by atoms with Gasteiger partial charge >= 0.3 is 12.3 Å². The highest BCUT2D eigenvalue weighted by atomic mass is 32.1. The summed E-state index contributed by atoms with van der Waals surface area (Å²) in [6.07, 6.45) is -5.31. The molecule has 0 N–H and O–H groups in total. The van der Waals surface area contributed by atoms with Crippen LogP contribution in [0.2, 0.25) is 0 Å². The molecule has 1 aliphatic heterocycles. The molecule has 2 heterocycles. The molecule has 0 radical (unpaired) electrons. The quantitative estimate of drug-likeness (QED) is 0.437. The Balaban J connectivity index is 1.54. The summed E-state index contributed by atoms with van der Waals surface area (Å²) in [7, 11) is 0. The lowest BCUT2D eigenvalue weighted by atomic mass is 9.89. The molecule has 1 saturated carbocycles. The van der Waals surface area contributed by atoms with Crippen LogP contribution in [0.5, 0.6) is 0 Å². The third kappa shape index (κ3) is 4.20. The molecule has 1 saturated heterocycles. The van der Waals surface area contributed by atoms with E-state index in [4.69, 9.17) is 4.74 Å². The summed E-state index contributed by atoms with van der Waals surface area (Å²) < 4.78 is 92.7. The molecule has 4 nitrogen and oxygen atoms in total. The first-order valence-corrected chi connectivity index (χ1v) is 11.1. The first-order valence-electron chi connectivity index (χ1n) is 10.4. The van der Waals surface area contributed by atoms with Crippen LogP contribution >= 0.6 is 11.5 Å². The maximum atomic E-state index is 15.0. The van der Waals surface area contributed by atoms with Gasteiger partial charge in [0.1, 0.15) is 11.4 Å². The molecule has 33 heavy (non-hydrogen) atoms. The largest absolute Gasteiger partial charge is 0.444 e. The molecule has 180 valence electrons. The molecule has 4 rings (SSSR count). The summed E-state index contributed by atoms with van der Waals surface area (Å²) in [6, 6.07) is 3.49. The highest BCUT2D eigenvalue weighted by molar-refractivity contribution is 7.09. The molecule has 2 aliphatic rings. The number of amides is 1. The predicted molar refractivity (Wildman–Crippen MR) is 110 cm³/mol. The molecule has 1 aliphatic carbocycles. The van der Waals surface area contributed by atoms with Gasteiger partial charge in [-0.1, -0.05) is 0 Å². The van der Waals surface area contributed by atoms with Gasteiger partial charge in [0.05, 0.1) is 27.5 Å². The fraction of sp³-hybridized carbons (Fsp3) is 0.545. The number of ether oxygens (including phenoxy) is 1. The zero-order valence-corrected chi connectivity index (χ0v) is 18.9. The van der Waals surface area contributed by atoms with E-state index in [-0.39, 0.29) is 42.1 Å². The average molecular weight is 492 g/mol. The van der Waals surface area contributed by atoms with Crippen molar-refractivity contribution in [3.8, 4) is 10.4 Å². The Morgan fingerprint density at radius 3 is 2.36 bits per heavy atom. The number of likely N-dealkylation sites (tertiary alicyclic amines) is 1. The Labute approximate surface area is 190 Å². The van der Waals surface area contributed by atoms with E-state index >= 15 is 0 Å². The number of hydrogen-bond acceptors (Lipinski definition) is 4. The minimum absolute atomic E-state index is 0.0168. The topological polar surface area (TPSA) is 42.4 Å². The average Bonchev–Trinajstić information content (AvgIpc) is 2.99. The molecular weight excluding hydrogens is 470 g/mol. The van der Waals surface area contributed by atoms with Gasteiger partial charge < -0.3 is 9.64 Å². The smallest absolute Gasteiger partial charge is 0.417 e. The number of benzene rings is 1. The fourth-order valence-corrected chi connectivity index (χ4v) is 5.34. The van der Waals surface area contributed by atoms with Crippen LogP contribution < -0.4 is 0 Å². The van der Waals surface area contributed by atoms with E-state index in [9.17, 15) is 31.1 Å². The van der Waals surface area contributed by atoms with Crippen molar-refractivity contribution >= 4 is 17.6 Å². The van der Waals surface area contributed by atoms with Gasteiger partial charge in [-0.05, 0) is 69.4 Å². The standard InChI is InChI=1S/C22H22F6N2O2S/c1-19(2,3)32-18(31)30-8-6-20(7-9-30)17(21(20,24)25)15-11-16(33-29-15)13-5-4-12(23)10-14(13)22(26,27)28/h4-5,10-11,17H,6-9H2,1-3H3. The zero-order valence-electron chi connectivity index (χ0n) is 18.1. The van der Waals surface area contributed by atoms with Crippen LogP contribution in [0.1, 0.15) is 50.8 Å². The molecule has 2 aromatic rings. The van der Waals surface area contributed by atoms with Crippen LogP contribution in [0.3, 0.4) is 0 Å². The van der Waals surface area contributed by atoms with E-state index in [1.54, 1.807) is 20.8 Å². The molecule has 1 unspecified atom stereocenters. The van der Waals surface area contributed by atoms with Crippen molar-refractivity contribution in [3.05, 3.63) is 41.3 Å². The van der Waals surface area contributed by atoms with Crippen molar-refractivity contribution in [1.82, 2.24) is 9.27 Å².